The molecule has 7 nitrogen and oxygen atoms in total. The molecular weight excluding hydrogens is 400 g/mol. The van der Waals surface area contributed by atoms with Gasteiger partial charge >= 0.3 is 5.97 Å². The van der Waals surface area contributed by atoms with Crippen LogP contribution in [0.4, 0.5) is 5.13 Å². The van der Waals surface area contributed by atoms with Gasteiger partial charge in [-0.1, -0.05) is 17.4 Å². The van der Waals surface area contributed by atoms with E-state index in [1.54, 1.807) is 18.4 Å². The van der Waals surface area contributed by atoms with Crippen LogP contribution in [0.5, 0.6) is 5.75 Å². The molecule has 0 unspecified atom stereocenters. The number of anilines is 1. The molecule has 0 N–H and O–H groups in total. The summed E-state index contributed by atoms with van der Waals surface area (Å²) in [5.74, 6) is 0.275. The van der Waals surface area contributed by atoms with E-state index >= 15 is 0 Å². The molecule has 1 aromatic heterocycles. The first kappa shape index (κ1) is 18.7. The van der Waals surface area contributed by atoms with Gasteiger partial charge in [-0.2, -0.15) is 0 Å². The topological polar surface area (TPSA) is 85.8 Å². The van der Waals surface area contributed by atoms with E-state index in [-0.39, 0.29) is 11.0 Å². The van der Waals surface area contributed by atoms with Gasteiger partial charge in [-0.25, -0.2) is 18.2 Å². The number of esters is 1. The van der Waals surface area contributed by atoms with Crippen molar-refractivity contribution < 1.29 is 22.7 Å². The third-order valence-corrected chi connectivity index (χ3v) is 6.71. The lowest BCUT2D eigenvalue weighted by Crippen LogP contribution is -2.53. The van der Waals surface area contributed by atoms with Crippen LogP contribution in [0.15, 0.2) is 47.4 Å². The number of para-hydroxylation sites is 1. The van der Waals surface area contributed by atoms with Gasteiger partial charge in [0, 0.05) is 6.26 Å². The summed E-state index contributed by atoms with van der Waals surface area (Å²) in [7, 11) is -1.67. The van der Waals surface area contributed by atoms with Gasteiger partial charge in [0.05, 0.1) is 35.4 Å². The van der Waals surface area contributed by atoms with Crippen LogP contribution >= 0.6 is 11.3 Å². The number of benzene rings is 2. The average Bonchev–Trinajstić information content (AvgIpc) is 3.07. The van der Waals surface area contributed by atoms with Crippen LogP contribution in [0.25, 0.3) is 10.2 Å². The first-order valence-corrected chi connectivity index (χ1v) is 11.3. The lowest BCUT2D eigenvalue weighted by atomic mass is 10.2. The molecule has 28 heavy (non-hydrogen) atoms. The summed E-state index contributed by atoms with van der Waals surface area (Å²) < 4.78 is 34.9. The second-order valence-corrected chi connectivity index (χ2v) is 9.56. The highest BCUT2D eigenvalue weighted by Crippen LogP contribution is 2.36. The monoisotopic (exact) mass is 418 g/mol. The van der Waals surface area contributed by atoms with Crippen molar-refractivity contribution in [2.24, 2.45) is 0 Å². The SMILES string of the molecule is COc1cccc2sc(N3CC(OC(=O)c4ccc(S(C)(=O)=O)cc4)C3)nc12. The molecule has 0 bridgehead atoms. The maximum Gasteiger partial charge on any atom is 0.338 e. The Bertz CT molecular complexity index is 1130. The summed E-state index contributed by atoms with van der Waals surface area (Å²) in [6, 6.07) is 11.6. The fourth-order valence-corrected chi connectivity index (χ4v) is 4.57. The lowest BCUT2D eigenvalue weighted by molar-refractivity contribution is 0.0234. The quantitative estimate of drug-likeness (QED) is 0.589. The zero-order valence-electron chi connectivity index (χ0n) is 15.3. The Labute approximate surface area is 166 Å². The minimum atomic E-state index is -3.29. The molecule has 0 amide bonds. The third kappa shape index (κ3) is 3.55. The molecule has 0 aliphatic carbocycles. The van der Waals surface area contributed by atoms with Crippen LogP contribution in [-0.2, 0) is 14.6 Å². The number of hydrogen-bond donors (Lipinski definition) is 0. The fourth-order valence-electron chi connectivity index (χ4n) is 2.94. The average molecular weight is 418 g/mol. The number of nitrogens with zero attached hydrogens (tertiary/aromatic N) is 2. The number of fused-ring (bicyclic) bond motifs is 1. The van der Waals surface area contributed by atoms with Gasteiger partial charge < -0.3 is 14.4 Å². The molecule has 1 saturated heterocycles. The van der Waals surface area contributed by atoms with Crippen molar-refractivity contribution in [2.45, 2.75) is 11.0 Å². The van der Waals surface area contributed by atoms with Crippen LogP contribution in [0, 0.1) is 0 Å². The molecule has 2 heterocycles. The first-order chi connectivity index (χ1) is 13.3. The highest BCUT2D eigenvalue weighted by Gasteiger charge is 2.32. The number of thiazole rings is 1. The first-order valence-electron chi connectivity index (χ1n) is 8.55. The molecule has 4 rings (SSSR count). The normalized spacial score (nSPS) is 14.7. The summed E-state index contributed by atoms with van der Waals surface area (Å²) >= 11 is 1.57. The van der Waals surface area contributed by atoms with Crippen molar-refractivity contribution in [3.05, 3.63) is 48.0 Å². The molecule has 2 aromatic carbocycles. The van der Waals surface area contributed by atoms with Crippen molar-refractivity contribution in [1.29, 1.82) is 0 Å². The molecule has 0 radical (unpaired) electrons. The van der Waals surface area contributed by atoms with Crippen LogP contribution in [-0.4, -0.2) is 51.9 Å². The van der Waals surface area contributed by atoms with Crippen LogP contribution in [0.3, 0.4) is 0 Å². The van der Waals surface area contributed by atoms with Crippen molar-refractivity contribution in [1.82, 2.24) is 4.98 Å². The fraction of sp³-hybridized carbons (Fsp3) is 0.263. The molecule has 1 fully saturated rings. The number of carbonyl (C=O) groups is 1. The summed E-state index contributed by atoms with van der Waals surface area (Å²) in [5.41, 5.74) is 1.16. The van der Waals surface area contributed by atoms with E-state index < -0.39 is 15.8 Å². The highest BCUT2D eigenvalue weighted by molar-refractivity contribution is 7.90. The Kier molecular flexibility index (Phi) is 4.72. The molecule has 146 valence electrons. The van der Waals surface area contributed by atoms with Gasteiger partial charge in [-0.05, 0) is 36.4 Å². The van der Waals surface area contributed by atoms with Crippen molar-refractivity contribution >= 4 is 42.5 Å². The van der Waals surface area contributed by atoms with E-state index in [1.165, 1.54) is 24.3 Å². The van der Waals surface area contributed by atoms with Gasteiger partial charge in [0.15, 0.2) is 15.0 Å². The maximum absolute atomic E-state index is 12.3. The third-order valence-electron chi connectivity index (χ3n) is 4.50. The van der Waals surface area contributed by atoms with E-state index in [4.69, 9.17) is 9.47 Å². The molecule has 0 spiro atoms. The molecule has 3 aromatic rings. The van der Waals surface area contributed by atoms with Gasteiger partial charge in [-0.3, -0.25) is 0 Å². The number of sulfone groups is 1. The Morgan fingerprint density at radius 1 is 1.18 bits per heavy atom. The molecule has 1 aliphatic rings. The molecular formula is C19H18N2O5S2. The number of rotatable bonds is 5. The summed E-state index contributed by atoms with van der Waals surface area (Å²) in [6.45, 7) is 1.13. The second-order valence-electron chi connectivity index (χ2n) is 6.53. The summed E-state index contributed by atoms with van der Waals surface area (Å²) in [6.07, 6.45) is 0.900. The van der Waals surface area contributed by atoms with E-state index in [9.17, 15) is 13.2 Å². The highest BCUT2D eigenvalue weighted by atomic mass is 32.2. The summed E-state index contributed by atoms with van der Waals surface area (Å²) in [5, 5.41) is 0.865. The lowest BCUT2D eigenvalue weighted by Gasteiger charge is -2.38. The predicted molar refractivity (Wildman–Crippen MR) is 107 cm³/mol. The van der Waals surface area contributed by atoms with Crippen molar-refractivity contribution in [3.8, 4) is 5.75 Å². The van der Waals surface area contributed by atoms with Crippen LogP contribution in [0.1, 0.15) is 10.4 Å². The van der Waals surface area contributed by atoms with Gasteiger partial charge in [0.25, 0.3) is 0 Å². The Morgan fingerprint density at radius 2 is 1.89 bits per heavy atom. The summed E-state index contributed by atoms with van der Waals surface area (Å²) in [4.78, 5) is 19.1. The minimum absolute atomic E-state index is 0.171. The maximum atomic E-state index is 12.3. The number of carbonyl (C=O) groups excluding carboxylic acids is 1. The number of ether oxygens (including phenoxy) is 2. The molecule has 0 atom stereocenters. The van der Waals surface area contributed by atoms with Crippen LogP contribution in [0.2, 0.25) is 0 Å². The number of aromatic nitrogens is 1. The van der Waals surface area contributed by atoms with E-state index in [0.29, 0.717) is 18.7 Å². The molecule has 0 saturated carbocycles. The van der Waals surface area contributed by atoms with Gasteiger partial charge in [0.2, 0.25) is 0 Å². The van der Waals surface area contributed by atoms with Crippen molar-refractivity contribution in [3.63, 3.8) is 0 Å². The molecule has 9 heteroatoms. The molecule has 1 aliphatic heterocycles. The number of methoxy groups -OCH3 is 1. The smallest absolute Gasteiger partial charge is 0.338 e. The Balaban J connectivity index is 1.38. The van der Waals surface area contributed by atoms with Gasteiger partial charge in [0.1, 0.15) is 17.4 Å². The van der Waals surface area contributed by atoms with E-state index in [2.05, 4.69) is 9.88 Å². The van der Waals surface area contributed by atoms with Crippen molar-refractivity contribution in [2.75, 3.05) is 31.4 Å². The Morgan fingerprint density at radius 3 is 2.54 bits per heavy atom. The van der Waals surface area contributed by atoms with Crippen LogP contribution < -0.4 is 9.64 Å². The Hall–Kier alpha value is -2.65. The predicted octanol–water partition coefficient (Wildman–Crippen LogP) is 2.75. The standard InChI is InChI=1S/C19H18N2O5S2/c1-25-15-4-3-5-16-17(15)20-19(27-16)21-10-13(11-21)26-18(22)12-6-8-14(9-7-12)28(2,23)24/h3-9,13H,10-11H2,1-2H3. The van der Waals surface area contributed by atoms with Gasteiger partial charge in [-0.15, -0.1) is 0 Å². The largest absolute Gasteiger partial charge is 0.494 e. The zero-order valence-corrected chi connectivity index (χ0v) is 16.9. The number of hydrogen-bond acceptors (Lipinski definition) is 8. The van der Waals surface area contributed by atoms with E-state index in [1.807, 2.05) is 18.2 Å². The van der Waals surface area contributed by atoms with E-state index in [0.717, 1.165) is 27.4 Å². The second kappa shape index (κ2) is 7.06. The zero-order chi connectivity index (χ0) is 19.9. The minimum Gasteiger partial charge on any atom is -0.494 e.